The van der Waals surface area contributed by atoms with Crippen LogP contribution in [0.4, 0.5) is 0 Å². The lowest BCUT2D eigenvalue weighted by atomic mass is 9.93. The molecule has 1 aliphatic heterocycles. The van der Waals surface area contributed by atoms with Crippen molar-refractivity contribution in [1.82, 2.24) is 14.9 Å². The van der Waals surface area contributed by atoms with Gasteiger partial charge >= 0.3 is 0 Å². The van der Waals surface area contributed by atoms with E-state index < -0.39 is 0 Å². The fraction of sp³-hybridized carbons (Fsp3) is 0.545. The molecule has 0 aliphatic carbocycles. The molecule has 0 spiro atoms. The maximum atomic E-state index is 11.7. The van der Waals surface area contributed by atoms with Gasteiger partial charge in [0.1, 0.15) is 10.9 Å². The number of carbonyl (C=O) groups excluding carboxylic acids is 1. The van der Waals surface area contributed by atoms with Gasteiger partial charge in [0.2, 0.25) is 0 Å². The highest BCUT2D eigenvalue weighted by Crippen LogP contribution is 2.17. The second-order valence-corrected chi connectivity index (χ2v) is 4.54. The first kappa shape index (κ1) is 11.5. The van der Waals surface area contributed by atoms with Crippen molar-refractivity contribution < 1.29 is 4.79 Å². The average molecular weight is 240 g/mol. The van der Waals surface area contributed by atoms with Crippen LogP contribution in [-0.4, -0.2) is 40.8 Å². The van der Waals surface area contributed by atoms with Crippen molar-refractivity contribution in [3.63, 3.8) is 0 Å². The minimum absolute atomic E-state index is 0.209. The Morgan fingerprint density at radius 3 is 2.81 bits per heavy atom. The molecule has 1 saturated heterocycles. The molecule has 0 N–H and O–H groups in total. The highest BCUT2D eigenvalue weighted by atomic mass is 35.5. The number of halogens is 1. The van der Waals surface area contributed by atoms with Crippen LogP contribution < -0.4 is 0 Å². The third-order valence-corrected chi connectivity index (χ3v) is 3.17. The summed E-state index contributed by atoms with van der Waals surface area (Å²) in [6.07, 6.45) is 4.25. The summed E-state index contributed by atoms with van der Waals surface area (Å²) in [7, 11) is 2.02. The van der Waals surface area contributed by atoms with Crippen molar-refractivity contribution in [1.29, 1.82) is 0 Å². The zero-order valence-electron chi connectivity index (χ0n) is 9.19. The van der Waals surface area contributed by atoms with Gasteiger partial charge in [-0.3, -0.25) is 9.78 Å². The molecular weight excluding hydrogens is 226 g/mol. The first-order valence-corrected chi connectivity index (χ1v) is 5.71. The van der Waals surface area contributed by atoms with Crippen molar-refractivity contribution in [3.8, 4) is 0 Å². The van der Waals surface area contributed by atoms with Gasteiger partial charge in [-0.1, -0.05) is 11.6 Å². The normalized spacial score (nSPS) is 17.1. The minimum Gasteiger partial charge on any atom is -0.305 e. The molecule has 4 nitrogen and oxygen atoms in total. The molecule has 0 amide bonds. The maximum absolute atomic E-state index is 11.7. The largest absolute Gasteiger partial charge is 0.305 e. The first-order valence-electron chi connectivity index (χ1n) is 5.33. The predicted molar refractivity (Wildman–Crippen MR) is 61.4 cm³/mol. The van der Waals surface area contributed by atoms with Crippen molar-refractivity contribution in [2.45, 2.75) is 12.8 Å². The third-order valence-electron chi connectivity index (χ3n) is 2.85. The van der Waals surface area contributed by atoms with E-state index in [4.69, 9.17) is 11.6 Å². The summed E-state index contributed by atoms with van der Waals surface area (Å²) in [5.74, 6) is 0.514. The Kier molecular flexibility index (Phi) is 3.51. The van der Waals surface area contributed by atoms with E-state index in [1.165, 1.54) is 0 Å². The van der Waals surface area contributed by atoms with Gasteiger partial charge in [0.05, 0.1) is 5.69 Å². The molecule has 0 atom stereocenters. The molecule has 1 aromatic heterocycles. The van der Waals surface area contributed by atoms with Gasteiger partial charge in [-0.05, 0) is 13.5 Å². The van der Waals surface area contributed by atoms with E-state index in [0.29, 0.717) is 29.5 Å². The second-order valence-electron chi connectivity index (χ2n) is 4.18. The number of aromatic nitrogens is 2. The van der Waals surface area contributed by atoms with Crippen molar-refractivity contribution in [2.24, 2.45) is 5.92 Å². The number of likely N-dealkylation sites (tertiary alicyclic amines) is 1. The number of Topliss-reactive ketones (excluding diaryl/α,β-unsaturated/α-hetero) is 1. The summed E-state index contributed by atoms with van der Waals surface area (Å²) in [6.45, 7) is 1.76. The van der Waals surface area contributed by atoms with E-state index in [-0.39, 0.29) is 5.92 Å². The van der Waals surface area contributed by atoms with Gasteiger partial charge in [0.15, 0.2) is 0 Å². The van der Waals surface area contributed by atoms with Crippen LogP contribution in [0.5, 0.6) is 0 Å². The van der Waals surface area contributed by atoms with Gasteiger partial charge < -0.3 is 4.90 Å². The molecule has 2 rings (SSSR count). The van der Waals surface area contributed by atoms with E-state index in [9.17, 15) is 4.79 Å². The number of aryl methyl sites for hydroxylation is 1. The highest BCUT2D eigenvalue weighted by Gasteiger charge is 2.29. The van der Waals surface area contributed by atoms with Crippen LogP contribution in [0, 0.1) is 5.92 Å². The van der Waals surface area contributed by atoms with Crippen LogP contribution in [0.2, 0.25) is 5.15 Å². The van der Waals surface area contributed by atoms with Crippen LogP contribution in [0.1, 0.15) is 12.1 Å². The van der Waals surface area contributed by atoms with Crippen LogP contribution in [0.3, 0.4) is 0 Å². The highest BCUT2D eigenvalue weighted by molar-refractivity contribution is 6.30. The Morgan fingerprint density at radius 2 is 2.19 bits per heavy atom. The fourth-order valence-electron chi connectivity index (χ4n) is 1.87. The van der Waals surface area contributed by atoms with Crippen LogP contribution in [0.15, 0.2) is 12.4 Å². The minimum atomic E-state index is 0.209. The lowest BCUT2D eigenvalue weighted by Crippen LogP contribution is -2.47. The summed E-state index contributed by atoms with van der Waals surface area (Å²) in [4.78, 5) is 21.9. The smallest absolute Gasteiger partial charge is 0.150 e. The molecule has 2 heterocycles. The Balaban J connectivity index is 1.83. The maximum Gasteiger partial charge on any atom is 0.150 e. The van der Waals surface area contributed by atoms with E-state index in [1.54, 1.807) is 12.4 Å². The van der Waals surface area contributed by atoms with E-state index >= 15 is 0 Å². The van der Waals surface area contributed by atoms with Crippen LogP contribution in [0.25, 0.3) is 0 Å². The van der Waals surface area contributed by atoms with E-state index in [1.807, 2.05) is 7.05 Å². The van der Waals surface area contributed by atoms with Gasteiger partial charge in [0.25, 0.3) is 0 Å². The van der Waals surface area contributed by atoms with Gasteiger partial charge in [-0.2, -0.15) is 0 Å². The SMILES string of the molecule is CN1CC(C(=O)CCc2nccnc2Cl)C1. The van der Waals surface area contributed by atoms with E-state index in [2.05, 4.69) is 14.9 Å². The van der Waals surface area contributed by atoms with Gasteiger partial charge in [0, 0.05) is 37.8 Å². The Labute approximate surface area is 99.6 Å². The monoisotopic (exact) mass is 239 g/mol. The fourth-order valence-corrected chi connectivity index (χ4v) is 2.07. The molecule has 0 radical (unpaired) electrons. The molecule has 0 unspecified atom stereocenters. The number of rotatable bonds is 4. The Bertz CT molecular complexity index is 391. The molecule has 86 valence electrons. The Morgan fingerprint density at radius 1 is 1.50 bits per heavy atom. The van der Waals surface area contributed by atoms with Crippen molar-refractivity contribution in [2.75, 3.05) is 20.1 Å². The molecule has 1 aliphatic rings. The molecular formula is C11H14ClN3O. The third kappa shape index (κ3) is 2.57. The molecule has 0 bridgehead atoms. The molecule has 0 saturated carbocycles. The summed E-state index contributed by atoms with van der Waals surface area (Å²) >= 11 is 5.87. The van der Waals surface area contributed by atoms with Crippen LogP contribution >= 0.6 is 11.6 Å². The van der Waals surface area contributed by atoms with E-state index in [0.717, 1.165) is 13.1 Å². The first-order chi connectivity index (χ1) is 7.66. The molecule has 5 heteroatoms. The zero-order chi connectivity index (χ0) is 11.5. The number of nitrogens with zero attached hydrogens (tertiary/aromatic N) is 3. The number of ketones is 1. The lowest BCUT2D eigenvalue weighted by molar-refractivity contribution is -0.127. The number of carbonyl (C=O) groups is 1. The summed E-state index contributed by atoms with van der Waals surface area (Å²) in [5, 5.41) is 0.404. The Hall–Kier alpha value is -1.00. The summed E-state index contributed by atoms with van der Waals surface area (Å²) < 4.78 is 0. The van der Waals surface area contributed by atoms with Crippen molar-refractivity contribution >= 4 is 17.4 Å². The standard InChI is InChI=1S/C11H14ClN3O/c1-15-6-8(7-15)10(16)3-2-9-11(12)14-5-4-13-9/h4-5,8H,2-3,6-7H2,1H3. The quantitative estimate of drug-likeness (QED) is 0.792. The van der Waals surface area contributed by atoms with Gasteiger partial charge in [-0.25, -0.2) is 4.98 Å². The zero-order valence-corrected chi connectivity index (χ0v) is 9.94. The molecule has 1 fully saturated rings. The molecule has 16 heavy (non-hydrogen) atoms. The van der Waals surface area contributed by atoms with Crippen LogP contribution in [-0.2, 0) is 11.2 Å². The summed E-state index contributed by atoms with van der Waals surface area (Å²) in [5.41, 5.74) is 0.713. The second kappa shape index (κ2) is 4.89. The topological polar surface area (TPSA) is 46.1 Å². The number of hydrogen-bond acceptors (Lipinski definition) is 4. The lowest BCUT2D eigenvalue weighted by Gasteiger charge is -2.34. The molecule has 0 aromatic carbocycles. The average Bonchev–Trinajstić information content (AvgIpc) is 2.23. The van der Waals surface area contributed by atoms with Crippen molar-refractivity contribution in [3.05, 3.63) is 23.2 Å². The molecule has 1 aromatic rings. The number of hydrogen-bond donors (Lipinski definition) is 0. The summed E-state index contributed by atoms with van der Waals surface area (Å²) in [6, 6.07) is 0. The van der Waals surface area contributed by atoms with Gasteiger partial charge in [-0.15, -0.1) is 0 Å². The predicted octanol–water partition coefficient (Wildman–Crippen LogP) is 1.19.